The Labute approximate surface area is 95.5 Å². The first-order valence-electron chi connectivity index (χ1n) is 4.88. The lowest BCUT2D eigenvalue weighted by Gasteiger charge is -2.05. The molecule has 0 fully saturated rings. The van der Waals surface area contributed by atoms with E-state index in [-0.39, 0.29) is 12.4 Å². The molecule has 0 spiro atoms. The number of hydrogen-bond acceptors (Lipinski definition) is 4. The Balaban J connectivity index is 2.09. The molecule has 2 rings (SSSR count). The molecule has 1 aromatic carbocycles. The van der Waals surface area contributed by atoms with Gasteiger partial charge in [-0.15, -0.1) is 0 Å². The summed E-state index contributed by atoms with van der Waals surface area (Å²) in [5, 5.41) is 9.07. The molecule has 0 bridgehead atoms. The largest absolute Gasteiger partial charge is 0.508 e. The van der Waals surface area contributed by atoms with E-state index in [2.05, 4.69) is 9.97 Å². The van der Waals surface area contributed by atoms with Gasteiger partial charge >= 0.3 is 5.69 Å². The number of hydrogen-bond donors (Lipinski definition) is 3. The maximum Gasteiger partial charge on any atom is 0.326 e. The van der Waals surface area contributed by atoms with E-state index >= 15 is 0 Å². The van der Waals surface area contributed by atoms with Crippen LogP contribution in [-0.2, 0) is 6.61 Å². The molecule has 2 aromatic rings. The van der Waals surface area contributed by atoms with Crippen molar-refractivity contribution < 1.29 is 9.84 Å². The van der Waals surface area contributed by atoms with Crippen molar-refractivity contribution in [1.82, 2.24) is 9.97 Å². The lowest BCUT2D eigenvalue weighted by Crippen LogP contribution is -2.23. The van der Waals surface area contributed by atoms with Crippen LogP contribution in [0.1, 0.15) is 5.69 Å². The lowest BCUT2D eigenvalue weighted by atomic mass is 10.3. The molecular weight excluding hydrogens is 224 g/mol. The van der Waals surface area contributed by atoms with Gasteiger partial charge in [0.2, 0.25) is 0 Å². The first kappa shape index (κ1) is 11.0. The van der Waals surface area contributed by atoms with Crippen molar-refractivity contribution >= 4 is 0 Å². The van der Waals surface area contributed by atoms with E-state index in [1.807, 2.05) is 0 Å². The van der Waals surface area contributed by atoms with Crippen molar-refractivity contribution in [3.05, 3.63) is 56.9 Å². The number of rotatable bonds is 3. The Kier molecular flexibility index (Phi) is 2.95. The summed E-state index contributed by atoms with van der Waals surface area (Å²) >= 11 is 0. The van der Waals surface area contributed by atoms with E-state index in [0.29, 0.717) is 11.4 Å². The fourth-order valence-corrected chi connectivity index (χ4v) is 1.30. The Morgan fingerprint density at radius 1 is 1.12 bits per heavy atom. The van der Waals surface area contributed by atoms with Gasteiger partial charge in [0.25, 0.3) is 5.56 Å². The highest BCUT2D eigenvalue weighted by atomic mass is 16.5. The molecule has 0 atom stereocenters. The standard InChI is InChI=1S/C11H10N2O4/c14-8-1-3-9(4-2-8)17-6-7-5-10(15)13-11(16)12-7/h1-5,14H,6H2,(H2,12,13,15,16). The van der Waals surface area contributed by atoms with Crippen LogP contribution in [0.25, 0.3) is 0 Å². The first-order chi connectivity index (χ1) is 8.13. The number of ether oxygens (including phenoxy) is 1. The molecule has 0 amide bonds. The summed E-state index contributed by atoms with van der Waals surface area (Å²) in [6, 6.07) is 7.38. The van der Waals surface area contributed by atoms with Gasteiger partial charge in [0, 0.05) is 6.07 Å². The minimum absolute atomic E-state index is 0.0733. The van der Waals surface area contributed by atoms with Crippen LogP contribution in [0.2, 0.25) is 0 Å². The van der Waals surface area contributed by atoms with Crippen LogP contribution < -0.4 is 16.0 Å². The fraction of sp³-hybridized carbons (Fsp3) is 0.0909. The second-order valence-electron chi connectivity index (χ2n) is 3.40. The molecule has 0 radical (unpaired) electrons. The van der Waals surface area contributed by atoms with Crippen LogP contribution in [0, 0.1) is 0 Å². The van der Waals surface area contributed by atoms with E-state index < -0.39 is 11.2 Å². The number of aromatic hydroxyl groups is 1. The highest BCUT2D eigenvalue weighted by Crippen LogP contribution is 2.16. The maximum atomic E-state index is 11.0. The van der Waals surface area contributed by atoms with E-state index in [1.54, 1.807) is 12.1 Å². The number of aromatic amines is 2. The number of nitrogens with one attached hydrogen (secondary N) is 2. The SMILES string of the molecule is O=c1cc(COc2ccc(O)cc2)[nH]c(=O)[nH]1. The molecule has 1 aromatic heterocycles. The molecule has 0 aliphatic heterocycles. The monoisotopic (exact) mass is 234 g/mol. The minimum atomic E-state index is -0.568. The van der Waals surface area contributed by atoms with Gasteiger partial charge in [-0.1, -0.05) is 0 Å². The van der Waals surface area contributed by atoms with E-state index in [0.717, 1.165) is 0 Å². The van der Waals surface area contributed by atoms with Gasteiger partial charge in [0.15, 0.2) is 0 Å². The summed E-state index contributed by atoms with van der Waals surface area (Å²) in [5.41, 5.74) is -0.660. The fourth-order valence-electron chi connectivity index (χ4n) is 1.30. The molecular formula is C11H10N2O4. The van der Waals surface area contributed by atoms with Gasteiger partial charge in [-0.25, -0.2) is 4.79 Å². The van der Waals surface area contributed by atoms with Gasteiger partial charge in [-0.2, -0.15) is 0 Å². The summed E-state index contributed by atoms with van der Waals surface area (Å²) in [5.74, 6) is 0.672. The van der Waals surface area contributed by atoms with Crippen molar-refractivity contribution in [3.63, 3.8) is 0 Å². The van der Waals surface area contributed by atoms with Crippen LogP contribution in [0.4, 0.5) is 0 Å². The van der Waals surface area contributed by atoms with Crippen LogP contribution in [0.3, 0.4) is 0 Å². The Morgan fingerprint density at radius 3 is 2.47 bits per heavy atom. The average molecular weight is 234 g/mol. The normalized spacial score (nSPS) is 10.1. The average Bonchev–Trinajstić information content (AvgIpc) is 2.27. The van der Waals surface area contributed by atoms with Crippen molar-refractivity contribution in [1.29, 1.82) is 0 Å². The van der Waals surface area contributed by atoms with Crippen LogP contribution in [0.5, 0.6) is 11.5 Å². The molecule has 0 aliphatic rings. The number of H-pyrrole nitrogens is 2. The molecule has 0 unspecified atom stereocenters. The summed E-state index contributed by atoms with van der Waals surface area (Å²) in [7, 11) is 0. The van der Waals surface area contributed by atoms with Gasteiger partial charge in [-0.05, 0) is 24.3 Å². The summed E-state index contributed by atoms with van der Waals surface area (Å²) in [6.45, 7) is 0.0733. The summed E-state index contributed by atoms with van der Waals surface area (Å²) < 4.78 is 5.32. The molecule has 17 heavy (non-hydrogen) atoms. The number of phenolic OH excluding ortho intramolecular Hbond substituents is 1. The zero-order valence-electron chi connectivity index (χ0n) is 8.77. The smallest absolute Gasteiger partial charge is 0.326 e. The lowest BCUT2D eigenvalue weighted by molar-refractivity contribution is 0.300. The zero-order valence-corrected chi connectivity index (χ0v) is 8.77. The molecule has 6 nitrogen and oxygen atoms in total. The highest BCUT2D eigenvalue weighted by Gasteiger charge is 1.99. The molecule has 3 N–H and O–H groups in total. The van der Waals surface area contributed by atoms with Gasteiger partial charge in [0.1, 0.15) is 18.1 Å². The molecule has 88 valence electrons. The molecule has 0 aliphatic carbocycles. The van der Waals surface area contributed by atoms with Crippen molar-refractivity contribution in [2.45, 2.75) is 6.61 Å². The van der Waals surface area contributed by atoms with Gasteiger partial charge in [-0.3, -0.25) is 9.78 Å². The first-order valence-corrected chi connectivity index (χ1v) is 4.88. The Bertz CT molecular complexity index is 584. The third-order valence-electron chi connectivity index (χ3n) is 2.05. The molecule has 6 heteroatoms. The van der Waals surface area contributed by atoms with Gasteiger partial charge in [0.05, 0.1) is 5.69 Å². The third-order valence-corrected chi connectivity index (χ3v) is 2.05. The number of aromatic nitrogens is 2. The zero-order chi connectivity index (χ0) is 12.3. The second kappa shape index (κ2) is 4.56. The maximum absolute atomic E-state index is 11.0. The van der Waals surface area contributed by atoms with E-state index in [4.69, 9.17) is 9.84 Å². The number of benzene rings is 1. The van der Waals surface area contributed by atoms with E-state index in [1.165, 1.54) is 18.2 Å². The Morgan fingerprint density at radius 2 is 1.82 bits per heavy atom. The van der Waals surface area contributed by atoms with Crippen LogP contribution in [0.15, 0.2) is 39.9 Å². The molecule has 0 saturated heterocycles. The minimum Gasteiger partial charge on any atom is -0.508 e. The summed E-state index contributed by atoms with van der Waals surface area (Å²) in [6.07, 6.45) is 0. The van der Waals surface area contributed by atoms with Crippen molar-refractivity contribution in [2.75, 3.05) is 0 Å². The third kappa shape index (κ3) is 2.97. The summed E-state index contributed by atoms with van der Waals surface area (Å²) in [4.78, 5) is 26.5. The quantitative estimate of drug-likeness (QED) is 0.714. The van der Waals surface area contributed by atoms with E-state index in [9.17, 15) is 9.59 Å². The molecule has 0 saturated carbocycles. The van der Waals surface area contributed by atoms with Gasteiger partial charge < -0.3 is 14.8 Å². The predicted molar refractivity (Wildman–Crippen MR) is 60.1 cm³/mol. The predicted octanol–water partition coefficient (Wildman–Crippen LogP) is 0.348. The highest BCUT2D eigenvalue weighted by molar-refractivity contribution is 5.30. The van der Waals surface area contributed by atoms with Crippen molar-refractivity contribution in [2.24, 2.45) is 0 Å². The Hall–Kier alpha value is -2.50. The number of phenols is 1. The second-order valence-corrected chi connectivity index (χ2v) is 3.40. The van der Waals surface area contributed by atoms with Crippen molar-refractivity contribution in [3.8, 4) is 11.5 Å². The topological polar surface area (TPSA) is 95.2 Å². The van der Waals surface area contributed by atoms with Crippen LogP contribution in [-0.4, -0.2) is 15.1 Å². The molecule has 1 heterocycles. The van der Waals surface area contributed by atoms with Crippen LogP contribution >= 0.6 is 0 Å².